The molecule has 0 spiro atoms. The number of hydrogen-bond acceptors (Lipinski definition) is 12. The maximum atomic E-state index is 10.9. The molecule has 0 aliphatic rings. The zero-order valence-corrected chi connectivity index (χ0v) is 71.8. The van der Waals surface area contributed by atoms with Crippen molar-refractivity contribution >= 4 is 82.2 Å². The maximum Gasteiger partial charge on any atom is 0.488 e. The van der Waals surface area contributed by atoms with Gasteiger partial charge in [0.2, 0.25) is 5.91 Å². The second-order valence-electron chi connectivity index (χ2n) is 27.6. The number of primary amides is 1. The Labute approximate surface area is 672 Å². The van der Waals surface area contributed by atoms with Gasteiger partial charge in [0.1, 0.15) is 12.0 Å². The van der Waals surface area contributed by atoms with Crippen LogP contribution < -0.4 is 27.5 Å². The van der Waals surface area contributed by atoms with E-state index in [0.29, 0.717) is 33.5 Å². The number of nitriles is 1. The number of aromatic hydroxyl groups is 1. The van der Waals surface area contributed by atoms with Gasteiger partial charge < -0.3 is 41.5 Å². The van der Waals surface area contributed by atoms with E-state index in [1.54, 1.807) is 70.2 Å². The fraction of sp³-hybridized carbons (Fsp3) is 0.239. The van der Waals surface area contributed by atoms with Gasteiger partial charge in [0.15, 0.2) is 0 Å². The van der Waals surface area contributed by atoms with Gasteiger partial charge in [0.25, 0.3) is 5.69 Å². The number of aryl methyl sites for hydroxylation is 22. The summed E-state index contributed by atoms with van der Waals surface area (Å²) in [6, 6.07) is 65.2. The number of benzene rings is 11. The van der Waals surface area contributed by atoms with E-state index in [4.69, 9.17) is 46.8 Å². The summed E-state index contributed by atoms with van der Waals surface area (Å²) in [4.78, 5) is 60.7. The summed E-state index contributed by atoms with van der Waals surface area (Å²) in [6.45, 7) is 42.4. The van der Waals surface area contributed by atoms with Gasteiger partial charge in [-0.2, -0.15) is 5.26 Å². The zero-order valence-electron chi connectivity index (χ0n) is 68.9. The van der Waals surface area contributed by atoms with Crippen LogP contribution in [0.1, 0.15) is 159 Å². The van der Waals surface area contributed by atoms with Crippen LogP contribution >= 0.6 is 29.5 Å². The van der Waals surface area contributed by atoms with Crippen LogP contribution in [0.4, 0.5) is 11.4 Å². The quantitative estimate of drug-likeness (QED) is 0.0142. The lowest BCUT2D eigenvalue weighted by molar-refractivity contribution is -0.385. The fourth-order valence-electron chi connectivity index (χ4n) is 9.66. The second-order valence-corrected chi connectivity index (χ2v) is 30.3. The average molecular weight is 1570 g/mol. The monoisotopic (exact) mass is 1570 g/mol. The van der Waals surface area contributed by atoms with Crippen LogP contribution in [-0.4, -0.2) is 60.3 Å². The van der Waals surface area contributed by atoms with E-state index in [1.165, 1.54) is 39.2 Å². The molecule has 0 aliphatic carbocycles. The molecule has 11 aromatic carbocycles. The van der Waals surface area contributed by atoms with E-state index in [-0.39, 0.29) is 21.8 Å². The Bertz CT molecular complexity index is 4710. The molecule has 0 saturated heterocycles. The van der Waals surface area contributed by atoms with Crippen LogP contribution in [0.3, 0.4) is 0 Å². The summed E-state index contributed by atoms with van der Waals surface area (Å²) < 4.78 is 10.9. The van der Waals surface area contributed by atoms with Crippen molar-refractivity contribution < 1.29 is 53.9 Å². The van der Waals surface area contributed by atoms with Crippen LogP contribution in [-0.2, 0) is 4.57 Å². The first-order valence-corrected chi connectivity index (χ1v) is 38.4. The number of phenolic OH excluding ortho intramolecular Hbond substituents is 1. The molecule has 16 nitrogen and oxygen atoms in total. The van der Waals surface area contributed by atoms with E-state index in [1.807, 2.05) is 206 Å². The first-order valence-electron chi connectivity index (χ1n) is 35.8. The number of amides is 1. The number of carbonyl (C=O) groups is 3. The molecule has 0 saturated carbocycles. The van der Waals surface area contributed by atoms with Gasteiger partial charge in [-0.1, -0.05) is 190 Å². The van der Waals surface area contributed by atoms with E-state index in [2.05, 4.69) is 98.1 Å². The largest absolute Gasteiger partial charge is 0.508 e. The molecule has 592 valence electrons. The average Bonchev–Trinajstić information content (AvgIpc) is 0.895. The lowest BCUT2D eigenvalue weighted by Gasteiger charge is -2.07. The van der Waals surface area contributed by atoms with Gasteiger partial charge in [-0.15, -0.1) is 21.9 Å². The van der Waals surface area contributed by atoms with Crippen molar-refractivity contribution in [3.63, 3.8) is 0 Å². The molecule has 11 aromatic rings. The number of anilines is 1. The van der Waals surface area contributed by atoms with Gasteiger partial charge in [0.05, 0.1) is 27.4 Å². The minimum atomic E-state index is -4.08. The molecule has 0 aromatic heterocycles. The summed E-state index contributed by atoms with van der Waals surface area (Å²) in [7, 11) is -2.71. The summed E-state index contributed by atoms with van der Waals surface area (Å²) in [5.41, 5.74) is 37.8. The molecule has 0 fully saturated rings. The highest BCUT2D eigenvalue weighted by atomic mass is 32.1. The van der Waals surface area contributed by atoms with E-state index >= 15 is 0 Å². The van der Waals surface area contributed by atoms with Crippen molar-refractivity contribution in [3.8, 4) is 11.8 Å². The minimum Gasteiger partial charge on any atom is -0.508 e. The number of nitrogens with zero attached hydrogens (tertiary/aromatic N) is 2. The molecular weight excluding hydrogens is 1460 g/mol. The minimum absolute atomic E-state index is 0.127. The smallest absolute Gasteiger partial charge is 0.488 e. The number of rotatable bonds is 6. The number of carboxylic acid groups (broad SMARTS) is 1. The van der Waals surface area contributed by atoms with E-state index in [0.717, 1.165) is 111 Å². The van der Waals surface area contributed by atoms with Crippen molar-refractivity contribution in [1.29, 1.82) is 5.26 Å². The number of nitro benzene ring substituents is 1. The molecule has 0 aliphatic heterocycles. The molecule has 1 amide bonds. The van der Waals surface area contributed by atoms with Crippen molar-refractivity contribution in [2.24, 2.45) is 5.73 Å². The molecule has 0 bridgehead atoms. The summed E-state index contributed by atoms with van der Waals surface area (Å²) >= 11 is 4.27. The van der Waals surface area contributed by atoms with Crippen molar-refractivity contribution in [2.45, 2.75) is 157 Å². The predicted molar refractivity (Wildman–Crippen MR) is 471 cm³/mol. The van der Waals surface area contributed by atoms with Crippen LogP contribution in [0.25, 0.3) is 0 Å². The Morgan fingerprint density at radius 3 is 1.18 bits per heavy atom. The van der Waals surface area contributed by atoms with Crippen molar-refractivity contribution in [3.05, 3.63) is 355 Å². The van der Waals surface area contributed by atoms with E-state index in [9.17, 15) is 29.1 Å². The Kier molecular flexibility index (Phi) is 44.1. The second kappa shape index (κ2) is 49.6. The van der Waals surface area contributed by atoms with E-state index < -0.39 is 20.7 Å². The third-order valence-electron chi connectivity index (χ3n) is 16.9. The van der Waals surface area contributed by atoms with Crippen molar-refractivity contribution in [1.82, 2.24) is 0 Å². The third kappa shape index (κ3) is 38.4. The molecule has 11 rings (SSSR count). The Balaban J connectivity index is 0.000000617. The predicted octanol–water partition coefficient (Wildman–Crippen LogP) is 19.3. The molecular formula is C92H113BN4O12P2S. The van der Waals surface area contributed by atoms with Crippen LogP contribution in [0.15, 0.2) is 205 Å². The highest BCUT2D eigenvalue weighted by Gasteiger charge is 2.19. The van der Waals surface area contributed by atoms with Gasteiger partial charge >= 0.3 is 20.7 Å². The topological polar surface area (TPSA) is 309 Å². The fourth-order valence-corrected chi connectivity index (χ4v) is 11.2. The highest BCUT2D eigenvalue weighted by Crippen LogP contribution is 2.35. The Morgan fingerprint density at radius 2 is 0.830 bits per heavy atom. The van der Waals surface area contributed by atoms with Crippen molar-refractivity contribution in [2.75, 3.05) is 5.73 Å². The van der Waals surface area contributed by atoms with Crippen LogP contribution in [0.5, 0.6) is 5.75 Å². The normalized spacial score (nSPS) is 9.78. The lowest BCUT2D eigenvalue weighted by atomic mass is 9.77. The first-order chi connectivity index (χ1) is 52.1. The number of aldehydes is 1. The molecule has 112 heavy (non-hydrogen) atoms. The molecule has 1 atom stereocenters. The number of carboxylic acids is 1. The number of nitrogen functional groups attached to an aromatic ring is 1. The van der Waals surface area contributed by atoms with Crippen LogP contribution in [0, 0.1) is 174 Å². The number of nitro groups is 1. The third-order valence-corrected chi connectivity index (χ3v) is 19.1. The Hall–Kier alpha value is -10.6. The van der Waals surface area contributed by atoms with Gasteiger partial charge in [-0.05, 0) is 284 Å². The van der Waals surface area contributed by atoms with Gasteiger partial charge in [0, 0.05) is 33.3 Å². The number of carbonyl (C=O) groups excluding carboxylic acids is 2. The number of thiol groups is 1. The van der Waals surface area contributed by atoms with Gasteiger partial charge in [-0.3, -0.25) is 24.3 Å². The number of aromatic carboxylic acids is 1. The van der Waals surface area contributed by atoms with Gasteiger partial charge in [-0.25, -0.2) is 4.79 Å². The number of hydrogen-bond donors (Lipinski definition) is 9. The lowest BCUT2D eigenvalue weighted by Crippen LogP contribution is -2.32. The summed E-state index contributed by atoms with van der Waals surface area (Å²) in [6.07, 6.45) is 0.891. The molecule has 10 N–H and O–H groups in total. The first kappa shape index (κ1) is 99.4. The summed E-state index contributed by atoms with van der Waals surface area (Å²) in [5, 5.41) is 56.0. The van der Waals surface area contributed by atoms with Crippen LogP contribution in [0.2, 0.25) is 0 Å². The molecule has 20 heteroatoms. The highest BCUT2D eigenvalue weighted by molar-refractivity contribution is 7.80. The standard InChI is InChI=1S/C9H11NO.C9H9N.C9H10O2.C9H10O.C8H11BO2.C8H9NO2.C8H11N.C8H11O3P.C8H10O.C8H11P.C8H10S/c1-6-3-4-7(2)8(5-6)9(10)11;1-7-3-4-8(2)9(5-7)6-10;1-6-3-4-7(2)8(5-6)9(10)11;1-7-3-4-8(2)9(5-7)6-10;2*1-6-3-4-7(2)8(5-6)9(10)11;1-6-3-4-7(2)8(9)5-6;1-6-3-4-7(2)8(5-6)12(9,10)11;3*1-6-3-4-7(2)8(9)5-6/h3-5H,1-2H3,(H2,10,11);3-5H,1-2H3;3-5H,1-2H3,(H,10,11);3-6H,1-2H3;3-5,10-11H,1-2H3;3-5H,1-2H3;3-5H,9H2,1-2H3;3-5H,1-2H3,(H2,9,10,11);3-5,9H,1-2H3;3-5H,9H2,1-2H3;3-5,9H,1-2H3. The zero-order chi connectivity index (χ0) is 85.6. The summed E-state index contributed by atoms with van der Waals surface area (Å²) in [5.74, 6) is -0.826. The molecule has 1 unspecified atom stereocenters. The Morgan fingerprint density at radius 1 is 0.464 bits per heavy atom. The maximum absolute atomic E-state index is 10.9. The number of phenols is 1. The number of nitrogens with two attached hydrogens (primary N) is 2. The molecule has 0 heterocycles. The molecule has 0 radical (unpaired) electrons. The SMILES string of the molecule is Cc1ccc(C)c(B(O)O)c1.Cc1ccc(C)c(C#N)c1.Cc1ccc(C)c(C(=O)O)c1.Cc1ccc(C)c(C(N)=O)c1.Cc1ccc(C)c(C=O)c1.Cc1ccc(C)c(N)c1.Cc1ccc(C)c(O)c1.Cc1ccc(C)c(P(=O)(O)O)c1.Cc1ccc(C)c(P)c1.Cc1ccc(C)c(S)c1.Cc1ccc(C)c([N+](=O)[O-])c1.